The van der Waals surface area contributed by atoms with Crippen molar-refractivity contribution in [1.29, 1.82) is 0 Å². The first-order valence-corrected chi connectivity index (χ1v) is 7.41. The summed E-state index contributed by atoms with van der Waals surface area (Å²) < 4.78 is 0. The molecule has 0 radical (unpaired) electrons. The summed E-state index contributed by atoms with van der Waals surface area (Å²) in [6.07, 6.45) is 3.75. The van der Waals surface area contributed by atoms with Crippen LogP contribution in [-0.4, -0.2) is 28.1 Å². The lowest BCUT2D eigenvalue weighted by Gasteiger charge is -2.23. The SMILES string of the molecule is CC1Cc2cc(C(=O)O)c(Cl)cc2N1C(=O)Nc1cccnc1. The molecule has 1 aliphatic rings. The average Bonchev–Trinajstić information content (AvgIpc) is 2.82. The summed E-state index contributed by atoms with van der Waals surface area (Å²) in [5.41, 5.74) is 2.06. The Hall–Kier alpha value is -2.60. The van der Waals surface area contributed by atoms with Crippen molar-refractivity contribution >= 4 is 35.0 Å². The van der Waals surface area contributed by atoms with Gasteiger partial charge in [0.2, 0.25) is 0 Å². The largest absolute Gasteiger partial charge is 0.478 e. The average molecular weight is 332 g/mol. The third kappa shape index (κ3) is 2.85. The molecule has 2 N–H and O–H groups in total. The van der Waals surface area contributed by atoms with E-state index in [1.807, 2.05) is 6.92 Å². The number of aromatic nitrogens is 1. The van der Waals surface area contributed by atoms with Gasteiger partial charge >= 0.3 is 12.0 Å². The van der Waals surface area contributed by atoms with Crippen LogP contribution in [0.1, 0.15) is 22.8 Å². The highest BCUT2D eigenvalue weighted by Crippen LogP contribution is 2.36. The highest BCUT2D eigenvalue weighted by Gasteiger charge is 2.32. The zero-order chi connectivity index (χ0) is 16.6. The fourth-order valence-electron chi connectivity index (χ4n) is 2.74. The molecule has 2 heterocycles. The normalized spacial score (nSPS) is 16.1. The molecular formula is C16H14ClN3O3. The molecule has 1 aliphatic heterocycles. The number of carboxylic acid groups (broad SMARTS) is 1. The maximum atomic E-state index is 12.5. The Bertz CT molecular complexity index is 780. The summed E-state index contributed by atoms with van der Waals surface area (Å²) in [7, 11) is 0. The molecular weight excluding hydrogens is 318 g/mol. The highest BCUT2D eigenvalue weighted by atomic mass is 35.5. The number of hydrogen-bond donors (Lipinski definition) is 2. The van der Waals surface area contributed by atoms with E-state index in [4.69, 9.17) is 16.7 Å². The number of amides is 2. The zero-order valence-corrected chi connectivity index (χ0v) is 13.0. The van der Waals surface area contributed by atoms with Crippen LogP contribution >= 0.6 is 11.6 Å². The number of hydrogen-bond acceptors (Lipinski definition) is 3. The number of fused-ring (bicyclic) bond motifs is 1. The first kappa shape index (κ1) is 15.3. The van der Waals surface area contributed by atoms with Crippen molar-refractivity contribution in [3.8, 4) is 0 Å². The van der Waals surface area contributed by atoms with Gasteiger partial charge in [0.05, 0.1) is 28.2 Å². The zero-order valence-electron chi connectivity index (χ0n) is 12.3. The quantitative estimate of drug-likeness (QED) is 0.883. The minimum absolute atomic E-state index is 0.0483. The second kappa shape index (κ2) is 5.89. The van der Waals surface area contributed by atoms with Gasteiger partial charge in [0, 0.05) is 12.2 Å². The maximum absolute atomic E-state index is 12.5. The van der Waals surface area contributed by atoms with E-state index in [9.17, 15) is 9.59 Å². The molecule has 2 amide bonds. The van der Waals surface area contributed by atoms with Crippen molar-refractivity contribution in [1.82, 2.24) is 4.98 Å². The van der Waals surface area contributed by atoms with Crippen LogP contribution in [0, 0.1) is 0 Å². The van der Waals surface area contributed by atoms with E-state index in [0.29, 0.717) is 17.8 Å². The van der Waals surface area contributed by atoms with Gasteiger partial charge in [-0.15, -0.1) is 0 Å². The standard InChI is InChI=1S/C16H14ClN3O3/c1-9-5-10-6-12(15(21)22)13(17)7-14(10)20(9)16(23)19-11-3-2-4-18-8-11/h2-4,6-9H,5H2,1H3,(H,19,23)(H,21,22). The second-order valence-electron chi connectivity index (χ2n) is 5.36. The van der Waals surface area contributed by atoms with Crippen LogP contribution in [0.25, 0.3) is 0 Å². The van der Waals surface area contributed by atoms with Gasteiger partial charge in [-0.2, -0.15) is 0 Å². The monoisotopic (exact) mass is 331 g/mol. The molecule has 23 heavy (non-hydrogen) atoms. The molecule has 0 fully saturated rings. The summed E-state index contributed by atoms with van der Waals surface area (Å²) in [6, 6.07) is 6.14. The van der Waals surface area contributed by atoms with Crippen LogP contribution in [0.5, 0.6) is 0 Å². The molecule has 1 aromatic heterocycles. The summed E-state index contributed by atoms with van der Waals surface area (Å²) >= 11 is 6.03. The fourth-order valence-corrected chi connectivity index (χ4v) is 2.97. The van der Waals surface area contributed by atoms with E-state index in [1.54, 1.807) is 29.4 Å². The Balaban J connectivity index is 1.92. The molecule has 1 atom stereocenters. The number of nitrogens with one attached hydrogen (secondary N) is 1. The molecule has 118 valence electrons. The molecule has 2 aromatic rings. The van der Waals surface area contributed by atoms with Gasteiger partial charge < -0.3 is 10.4 Å². The Morgan fingerprint density at radius 2 is 2.22 bits per heavy atom. The predicted molar refractivity (Wildman–Crippen MR) is 87.3 cm³/mol. The lowest BCUT2D eigenvalue weighted by atomic mass is 10.1. The number of aromatic carboxylic acids is 1. The van der Waals surface area contributed by atoms with E-state index in [2.05, 4.69) is 10.3 Å². The number of anilines is 2. The van der Waals surface area contributed by atoms with E-state index < -0.39 is 5.97 Å². The van der Waals surface area contributed by atoms with Crippen molar-refractivity contribution in [2.45, 2.75) is 19.4 Å². The van der Waals surface area contributed by atoms with Crippen molar-refractivity contribution in [3.05, 3.63) is 52.8 Å². The predicted octanol–water partition coefficient (Wildman–Crippen LogP) is 3.42. The van der Waals surface area contributed by atoms with Crippen LogP contribution in [0.15, 0.2) is 36.7 Å². The van der Waals surface area contributed by atoms with Crippen molar-refractivity contribution in [2.75, 3.05) is 10.2 Å². The number of urea groups is 1. The van der Waals surface area contributed by atoms with Crippen LogP contribution in [0.2, 0.25) is 5.02 Å². The lowest BCUT2D eigenvalue weighted by molar-refractivity contribution is 0.0697. The van der Waals surface area contributed by atoms with Crippen LogP contribution in [-0.2, 0) is 6.42 Å². The number of carbonyl (C=O) groups excluding carboxylic acids is 1. The number of pyridine rings is 1. The fraction of sp³-hybridized carbons (Fsp3) is 0.188. The number of carbonyl (C=O) groups is 2. The second-order valence-corrected chi connectivity index (χ2v) is 5.77. The van der Waals surface area contributed by atoms with E-state index >= 15 is 0 Å². The molecule has 1 unspecified atom stereocenters. The summed E-state index contributed by atoms with van der Waals surface area (Å²) in [6.45, 7) is 1.90. The van der Waals surface area contributed by atoms with Crippen LogP contribution in [0.4, 0.5) is 16.2 Å². The van der Waals surface area contributed by atoms with E-state index in [0.717, 1.165) is 5.56 Å². The number of halogens is 1. The van der Waals surface area contributed by atoms with Gasteiger partial charge in [-0.25, -0.2) is 9.59 Å². The Morgan fingerprint density at radius 3 is 2.87 bits per heavy atom. The minimum Gasteiger partial charge on any atom is -0.478 e. The molecule has 3 rings (SSSR count). The Morgan fingerprint density at radius 1 is 1.43 bits per heavy atom. The highest BCUT2D eigenvalue weighted by molar-refractivity contribution is 6.34. The van der Waals surface area contributed by atoms with Gasteiger partial charge in [0.15, 0.2) is 0 Å². The number of nitrogens with zero attached hydrogens (tertiary/aromatic N) is 2. The smallest absolute Gasteiger partial charge is 0.337 e. The molecule has 6 nitrogen and oxygen atoms in total. The van der Waals surface area contributed by atoms with Gasteiger partial charge in [0.25, 0.3) is 0 Å². The van der Waals surface area contributed by atoms with Gasteiger partial charge in [-0.1, -0.05) is 11.6 Å². The minimum atomic E-state index is -1.08. The topological polar surface area (TPSA) is 82.5 Å². The third-order valence-electron chi connectivity index (χ3n) is 3.75. The van der Waals surface area contributed by atoms with Crippen molar-refractivity contribution in [2.24, 2.45) is 0 Å². The van der Waals surface area contributed by atoms with Gasteiger partial charge in [-0.05, 0) is 43.2 Å². The summed E-state index contributed by atoms with van der Waals surface area (Å²) in [5.74, 6) is -1.08. The van der Waals surface area contributed by atoms with Crippen molar-refractivity contribution in [3.63, 3.8) is 0 Å². The maximum Gasteiger partial charge on any atom is 0.337 e. The molecule has 0 spiro atoms. The molecule has 0 saturated heterocycles. The molecule has 0 aliphatic carbocycles. The van der Waals surface area contributed by atoms with Crippen molar-refractivity contribution < 1.29 is 14.7 Å². The van der Waals surface area contributed by atoms with Crippen LogP contribution in [0.3, 0.4) is 0 Å². The first-order chi connectivity index (χ1) is 11.0. The summed E-state index contributed by atoms with van der Waals surface area (Å²) in [4.78, 5) is 29.3. The first-order valence-electron chi connectivity index (χ1n) is 7.03. The molecule has 0 bridgehead atoms. The van der Waals surface area contributed by atoms with Gasteiger partial charge in [0.1, 0.15) is 0 Å². The number of carboxylic acids is 1. The molecule has 1 aromatic carbocycles. The Labute approximate surface area is 137 Å². The Kier molecular flexibility index (Phi) is 3.92. The third-order valence-corrected chi connectivity index (χ3v) is 4.06. The number of benzene rings is 1. The lowest BCUT2D eigenvalue weighted by Crippen LogP contribution is -2.39. The summed E-state index contributed by atoms with van der Waals surface area (Å²) in [5, 5.41) is 12.0. The number of rotatable bonds is 2. The van der Waals surface area contributed by atoms with E-state index in [-0.39, 0.29) is 22.7 Å². The molecule has 0 saturated carbocycles. The molecule has 7 heteroatoms. The van der Waals surface area contributed by atoms with Gasteiger partial charge in [-0.3, -0.25) is 9.88 Å². The van der Waals surface area contributed by atoms with E-state index in [1.165, 1.54) is 12.1 Å². The van der Waals surface area contributed by atoms with Crippen LogP contribution < -0.4 is 10.2 Å².